The van der Waals surface area contributed by atoms with Gasteiger partial charge in [-0.15, -0.1) is 12.3 Å². The molecule has 0 saturated heterocycles. The van der Waals surface area contributed by atoms with Crippen molar-refractivity contribution in [2.45, 2.75) is 59.5 Å². The highest BCUT2D eigenvalue weighted by Crippen LogP contribution is 2.45. The van der Waals surface area contributed by atoms with E-state index in [1.165, 1.54) is 0 Å². The monoisotopic (exact) mass is 435 g/mol. The number of nitrogens with zero attached hydrogens (tertiary/aromatic N) is 1. The topological polar surface area (TPSA) is 58.6 Å². The molecule has 29 heavy (non-hydrogen) atoms. The summed E-state index contributed by atoms with van der Waals surface area (Å²) in [5.74, 6) is 2.60. The summed E-state index contributed by atoms with van der Waals surface area (Å²) in [5, 5.41) is 0. The minimum atomic E-state index is -1.16. The predicted molar refractivity (Wildman–Crippen MR) is 118 cm³/mol. The molecule has 0 saturated carbocycles. The second kappa shape index (κ2) is 21.0. The molecule has 0 amide bonds. The lowest BCUT2D eigenvalue weighted by molar-refractivity contribution is -0.00507. The number of ether oxygens (including phenoxy) is 4. The van der Waals surface area contributed by atoms with Crippen molar-refractivity contribution in [2.24, 2.45) is 0 Å². The van der Waals surface area contributed by atoms with Gasteiger partial charge in [-0.3, -0.25) is 0 Å². The van der Waals surface area contributed by atoms with Gasteiger partial charge in [-0.05, 0) is 34.1 Å². The third-order valence-corrected chi connectivity index (χ3v) is 5.70. The highest BCUT2D eigenvalue weighted by atomic mass is 31.2. The molecule has 172 valence electrons. The minimum absolute atomic E-state index is 0.321. The van der Waals surface area contributed by atoms with Crippen molar-refractivity contribution < 1.29 is 28.0 Å². The summed E-state index contributed by atoms with van der Waals surface area (Å²) >= 11 is 0. The van der Waals surface area contributed by atoms with Crippen molar-refractivity contribution in [2.75, 3.05) is 66.1 Å². The Hall–Kier alpha value is -0.290. The van der Waals surface area contributed by atoms with E-state index in [0.29, 0.717) is 78.0 Å². The van der Waals surface area contributed by atoms with Crippen LogP contribution >= 0.6 is 8.53 Å². The van der Waals surface area contributed by atoms with E-state index in [1.807, 2.05) is 0 Å². The molecule has 0 aliphatic rings. The Bertz CT molecular complexity index is 384. The quantitative estimate of drug-likeness (QED) is 0.154. The minimum Gasteiger partial charge on any atom is -0.379 e. The molecule has 0 aromatic rings. The van der Waals surface area contributed by atoms with Crippen molar-refractivity contribution >= 4 is 8.53 Å². The third kappa shape index (κ3) is 17.1. The lowest BCUT2D eigenvalue weighted by Gasteiger charge is -2.35. The van der Waals surface area contributed by atoms with E-state index in [0.717, 1.165) is 13.0 Å². The van der Waals surface area contributed by atoms with Gasteiger partial charge < -0.3 is 28.0 Å². The average molecular weight is 436 g/mol. The third-order valence-electron chi connectivity index (χ3n) is 3.59. The molecule has 0 N–H and O–H groups in total. The lowest BCUT2D eigenvalue weighted by Crippen LogP contribution is -2.34. The van der Waals surface area contributed by atoms with Gasteiger partial charge >= 0.3 is 0 Å². The molecule has 0 radical (unpaired) electrons. The Kier molecular flexibility index (Phi) is 20.8. The summed E-state index contributed by atoms with van der Waals surface area (Å²) < 4.78 is 35.9. The number of hydrogen-bond donors (Lipinski definition) is 0. The second-order valence-corrected chi connectivity index (χ2v) is 8.33. The van der Waals surface area contributed by atoms with Crippen LogP contribution in [0.4, 0.5) is 0 Å². The summed E-state index contributed by atoms with van der Waals surface area (Å²) in [4.78, 5) is 0. The van der Waals surface area contributed by atoms with Crippen LogP contribution < -0.4 is 0 Å². The SMILES string of the molecule is C#CCCOP(OCCOCCOCCOCCOCCC)N(C(C)C)C(C)C. The standard InChI is InChI=1S/C21H42NO6P/c1-7-9-11-27-29(22(20(3)4)21(5)6)28-19-18-26-17-16-25-15-14-24-13-12-23-10-8-2/h1,20-21H,8-19H2,2-6H3. The van der Waals surface area contributed by atoms with E-state index < -0.39 is 8.53 Å². The van der Waals surface area contributed by atoms with Crippen LogP contribution in [-0.4, -0.2) is 82.8 Å². The van der Waals surface area contributed by atoms with Crippen LogP contribution in [0.15, 0.2) is 0 Å². The maximum atomic E-state index is 5.98. The number of terminal acetylenes is 1. The first-order chi connectivity index (χ1) is 14.0. The molecule has 1 atom stereocenters. The fraction of sp³-hybridized carbons (Fsp3) is 0.905. The zero-order chi connectivity index (χ0) is 21.7. The summed E-state index contributed by atoms with van der Waals surface area (Å²) in [7, 11) is -1.16. The molecule has 0 rings (SSSR count). The summed E-state index contributed by atoms with van der Waals surface area (Å²) in [6.07, 6.45) is 6.93. The summed E-state index contributed by atoms with van der Waals surface area (Å²) in [5.41, 5.74) is 0. The van der Waals surface area contributed by atoms with Crippen molar-refractivity contribution in [1.82, 2.24) is 4.67 Å². The Morgan fingerprint density at radius 1 is 0.690 bits per heavy atom. The average Bonchev–Trinajstić information content (AvgIpc) is 2.67. The summed E-state index contributed by atoms with van der Waals surface area (Å²) in [6.45, 7) is 16.3. The van der Waals surface area contributed by atoms with Gasteiger partial charge in [-0.1, -0.05) is 6.92 Å². The lowest BCUT2D eigenvalue weighted by atomic mass is 10.3. The van der Waals surface area contributed by atoms with Gasteiger partial charge in [0, 0.05) is 25.1 Å². The largest absolute Gasteiger partial charge is 0.379 e. The van der Waals surface area contributed by atoms with Crippen molar-refractivity contribution in [1.29, 1.82) is 0 Å². The highest BCUT2D eigenvalue weighted by molar-refractivity contribution is 7.44. The molecule has 0 heterocycles. The van der Waals surface area contributed by atoms with Crippen LogP contribution in [0.3, 0.4) is 0 Å². The molecule has 0 aliphatic heterocycles. The first kappa shape index (κ1) is 28.7. The molecule has 0 aromatic carbocycles. The Morgan fingerprint density at radius 2 is 1.10 bits per heavy atom. The second-order valence-electron chi connectivity index (χ2n) is 6.88. The Balaban J connectivity index is 3.77. The van der Waals surface area contributed by atoms with Gasteiger partial charge in [0.25, 0.3) is 8.53 Å². The van der Waals surface area contributed by atoms with Gasteiger partial charge in [-0.25, -0.2) is 4.67 Å². The summed E-state index contributed by atoms with van der Waals surface area (Å²) in [6, 6.07) is 0.642. The van der Waals surface area contributed by atoms with E-state index in [4.69, 9.17) is 34.4 Å². The fourth-order valence-corrected chi connectivity index (χ4v) is 3.98. The maximum Gasteiger partial charge on any atom is 0.259 e. The van der Waals surface area contributed by atoms with Gasteiger partial charge in [0.2, 0.25) is 0 Å². The van der Waals surface area contributed by atoms with Crippen LogP contribution in [0, 0.1) is 12.3 Å². The number of hydrogen-bond acceptors (Lipinski definition) is 7. The normalized spacial score (nSPS) is 12.8. The van der Waals surface area contributed by atoms with Crippen LogP contribution in [0.5, 0.6) is 0 Å². The Morgan fingerprint density at radius 3 is 1.52 bits per heavy atom. The molecule has 0 spiro atoms. The Labute approximate surface area is 179 Å². The maximum absolute atomic E-state index is 5.98. The molecular formula is C21H42NO6P. The molecule has 1 unspecified atom stereocenters. The molecule has 0 bridgehead atoms. The van der Waals surface area contributed by atoms with E-state index >= 15 is 0 Å². The molecular weight excluding hydrogens is 393 g/mol. The first-order valence-corrected chi connectivity index (χ1v) is 11.8. The van der Waals surface area contributed by atoms with Crippen LogP contribution in [0.25, 0.3) is 0 Å². The first-order valence-electron chi connectivity index (χ1n) is 10.6. The highest BCUT2D eigenvalue weighted by Gasteiger charge is 2.26. The van der Waals surface area contributed by atoms with E-state index in [2.05, 4.69) is 45.2 Å². The zero-order valence-corrected chi connectivity index (χ0v) is 20.0. The van der Waals surface area contributed by atoms with Gasteiger partial charge in [0.1, 0.15) is 0 Å². The van der Waals surface area contributed by atoms with Crippen molar-refractivity contribution in [3.05, 3.63) is 0 Å². The zero-order valence-electron chi connectivity index (χ0n) is 19.1. The predicted octanol–water partition coefficient (Wildman–Crippen LogP) is 3.87. The van der Waals surface area contributed by atoms with Gasteiger partial charge in [0.05, 0.1) is 59.5 Å². The number of rotatable bonds is 21. The van der Waals surface area contributed by atoms with Gasteiger partial charge in [0.15, 0.2) is 0 Å². The van der Waals surface area contributed by atoms with Crippen molar-refractivity contribution in [3.8, 4) is 12.3 Å². The van der Waals surface area contributed by atoms with Crippen molar-refractivity contribution in [3.63, 3.8) is 0 Å². The molecule has 0 fully saturated rings. The molecule has 7 nitrogen and oxygen atoms in total. The van der Waals surface area contributed by atoms with E-state index in [-0.39, 0.29) is 0 Å². The fourth-order valence-electron chi connectivity index (χ4n) is 2.41. The van der Waals surface area contributed by atoms with E-state index in [1.54, 1.807) is 0 Å². The molecule has 0 aliphatic carbocycles. The van der Waals surface area contributed by atoms with Crippen LogP contribution in [0.1, 0.15) is 47.5 Å². The van der Waals surface area contributed by atoms with E-state index in [9.17, 15) is 0 Å². The molecule has 0 aromatic heterocycles. The van der Waals surface area contributed by atoms with Crippen LogP contribution in [0.2, 0.25) is 0 Å². The van der Waals surface area contributed by atoms with Crippen LogP contribution in [-0.2, 0) is 28.0 Å². The van der Waals surface area contributed by atoms with Gasteiger partial charge in [-0.2, -0.15) is 0 Å². The molecule has 8 heteroatoms. The smallest absolute Gasteiger partial charge is 0.259 e.